The van der Waals surface area contributed by atoms with Crippen LogP contribution in [0.1, 0.15) is 0 Å². The van der Waals surface area contributed by atoms with Crippen molar-refractivity contribution in [3.63, 3.8) is 0 Å². The molecule has 30 heavy (non-hydrogen) atoms. The first-order valence-electron chi connectivity index (χ1n) is 8.73. The molecule has 0 unspecified atom stereocenters. The fourth-order valence-corrected chi connectivity index (χ4v) is 3.84. The minimum Gasteiger partial charge on any atom is -0.496 e. The number of halogens is 3. The van der Waals surface area contributed by atoms with Gasteiger partial charge in [-0.1, -0.05) is 46.9 Å². The summed E-state index contributed by atoms with van der Waals surface area (Å²) in [7, 11) is 2.96. The standard InChI is InChI=1S/C22H14Cl3NO4/c1-28-17-9-18(29-2)21-15(27)8-16(11-5-3-4-6-13(11)23)30-22(21)20(17)12-7-19(25)26-10-14(12)24/h3-10H,1-2H3. The molecule has 0 saturated carbocycles. The molecule has 0 saturated heterocycles. The highest BCUT2D eigenvalue weighted by molar-refractivity contribution is 6.35. The minimum atomic E-state index is -0.303. The first kappa shape index (κ1) is 20.5. The fourth-order valence-electron chi connectivity index (χ4n) is 3.25. The molecule has 0 bridgehead atoms. The van der Waals surface area contributed by atoms with Crippen molar-refractivity contribution >= 4 is 45.8 Å². The number of ether oxygens (including phenoxy) is 2. The van der Waals surface area contributed by atoms with Gasteiger partial charge in [0.25, 0.3) is 0 Å². The van der Waals surface area contributed by atoms with Gasteiger partial charge in [0, 0.05) is 29.5 Å². The van der Waals surface area contributed by atoms with E-state index < -0.39 is 0 Å². The molecule has 2 heterocycles. The van der Waals surface area contributed by atoms with Gasteiger partial charge in [-0.2, -0.15) is 0 Å². The lowest BCUT2D eigenvalue weighted by Crippen LogP contribution is -2.05. The Hall–Kier alpha value is -2.73. The summed E-state index contributed by atoms with van der Waals surface area (Å²) >= 11 is 18.8. The SMILES string of the molecule is COc1cc(OC)c2c(=O)cc(-c3ccccc3Cl)oc2c1-c1cc(Cl)ncc1Cl. The van der Waals surface area contributed by atoms with Gasteiger partial charge in [0.2, 0.25) is 0 Å². The molecular weight excluding hydrogens is 449 g/mol. The van der Waals surface area contributed by atoms with Gasteiger partial charge in [0.1, 0.15) is 27.8 Å². The van der Waals surface area contributed by atoms with Crippen molar-refractivity contribution < 1.29 is 13.9 Å². The Kier molecular flexibility index (Phi) is 5.60. The van der Waals surface area contributed by atoms with Crippen molar-refractivity contribution in [2.75, 3.05) is 14.2 Å². The lowest BCUT2D eigenvalue weighted by molar-refractivity contribution is 0.397. The van der Waals surface area contributed by atoms with Gasteiger partial charge >= 0.3 is 0 Å². The molecule has 0 amide bonds. The van der Waals surface area contributed by atoms with Crippen LogP contribution in [0.15, 0.2) is 57.9 Å². The summed E-state index contributed by atoms with van der Waals surface area (Å²) in [5.74, 6) is 0.996. The Bertz CT molecular complexity index is 1330. The largest absolute Gasteiger partial charge is 0.496 e. The molecular formula is C22H14Cl3NO4. The van der Waals surface area contributed by atoms with E-state index in [0.29, 0.717) is 44.0 Å². The van der Waals surface area contributed by atoms with E-state index in [-0.39, 0.29) is 21.6 Å². The van der Waals surface area contributed by atoms with Crippen molar-refractivity contribution in [2.24, 2.45) is 0 Å². The molecule has 0 spiro atoms. The molecule has 8 heteroatoms. The molecule has 2 aromatic heterocycles. The van der Waals surface area contributed by atoms with Crippen LogP contribution in [0.4, 0.5) is 0 Å². The first-order chi connectivity index (χ1) is 14.4. The third-order valence-corrected chi connectivity index (χ3v) is 5.44. The third kappa shape index (κ3) is 3.49. The Morgan fingerprint density at radius 1 is 0.900 bits per heavy atom. The number of fused-ring (bicyclic) bond motifs is 1. The van der Waals surface area contributed by atoms with Gasteiger partial charge in [0.05, 0.1) is 29.8 Å². The summed E-state index contributed by atoms with van der Waals surface area (Å²) in [5.41, 5.74) is 1.46. The third-order valence-electron chi connectivity index (χ3n) is 4.60. The predicted molar refractivity (Wildman–Crippen MR) is 119 cm³/mol. The van der Waals surface area contributed by atoms with Crippen LogP contribution in [0.2, 0.25) is 15.2 Å². The summed E-state index contributed by atoms with van der Waals surface area (Å²) in [6.07, 6.45) is 1.42. The number of methoxy groups -OCH3 is 2. The Balaban J connectivity index is 2.18. The molecule has 0 fully saturated rings. The zero-order valence-corrected chi connectivity index (χ0v) is 18.1. The molecule has 4 aromatic rings. The topological polar surface area (TPSA) is 61.6 Å². The number of benzene rings is 2. The molecule has 0 radical (unpaired) electrons. The van der Waals surface area contributed by atoms with Crippen LogP contribution in [0, 0.1) is 0 Å². The average molecular weight is 463 g/mol. The summed E-state index contributed by atoms with van der Waals surface area (Å²) in [5, 5.41) is 1.23. The van der Waals surface area contributed by atoms with Crippen molar-refractivity contribution in [1.29, 1.82) is 0 Å². The number of rotatable bonds is 4. The molecule has 0 N–H and O–H groups in total. The van der Waals surface area contributed by atoms with E-state index in [9.17, 15) is 4.79 Å². The van der Waals surface area contributed by atoms with Gasteiger partial charge in [-0.3, -0.25) is 4.79 Å². The first-order valence-corrected chi connectivity index (χ1v) is 9.87. The van der Waals surface area contributed by atoms with Crippen molar-refractivity contribution in [2.45, 2.75) is 0 Å². The molecule has 0 aliphatic rings. The fraction of sp³-hybridized carbons (Fsp3) is 0.0909. The van der Waals surface area contributed by atoms with Crippen molar-refractivity contribution in [1.82, 2.24) is 4.98 Å². The maximum absolute atomic E-state index is 13.1. The lowest BCUT2D eigenvalue weighted by atomic mass is 10.0. The Morgan fingerprint density at radius 2 is 1.63 bits per heavy atom. The monoisotopic (exact) mass is 461 g/mol. The van der Waals surface area contributed by atoms with Crippen LogP contribution in [0.25, 0.3) is 33.4 Å². The van der Waals surface area contributed by atoms with Crippen LogP contribution < -0.4 is 14.9 Å². The highest BCUT2D eigenvalue weighted by atomic mass is 35.5. The van der Waals surface area contributed by atoms with E-state index >= 15 is 0 Å². The van der Waals surface area contributed by atoms with Crippen molar-refractivity contribution in [3.05, 3.63) is 74.1 Å². The van der Waals surface area contributed by atoms with Gasteiger partial charge in [0.15, 0.2) is 11.0 Å². The highest BCUT2D eigenvalue weighted by Gasteiger charge is 2.23. The lowest BCUT2D eigenvalue weighted by Gasteiger charge is -2.16. The molecule has 4 rings (SSSR count). The van der Waals surface area contributed by atoms with E-state index in [1.807, 2.05) is 0 Å². The van der Waals surface area contributed by atoms with Gasteiger partial charge in [-0.15, -0.1) is 0 Å². The summed E-state index contributed by atoms with van der Waals surface area (Å²) in [6, 6.07) is 11.6. The summed E-state index contributed by atoms with van der Waals surface area (Å²) in [6.45, 7) is 0. The maximum atomic E-state index is 13.1. The summed E-state index contributed by atoms with van der Waals surface area (Å²) in [4.78, 5) is 17.1. The second kappa shape index (κ2) is 8.19. The average Bonchev–Trinajstić information content (AvgIpc) is 2.74. The normalized spacial score (nSPS) is 11.0. The number of hydrogen-bond donors (Lipinski definition) is 0. The molecule has 0 atom stereocenters. The smallest absolute Gasteiger partial charge is 0.197 e. The zero-order chi connectivity index (χ0) is 21.4. The molecule has 5 nitrogen and oxygen atoms in total. The van der Waals surface area contributed by atoms with E-state index in [1.165, 1.54) is 26.5 Å². The second-order valence-electron chi connectivity index (χ2n) is 6.30. The number of pyridine rings is 1. The maximum Gasteiger partial charge on any atom is 0.197 e. The van der Waals surface area contributed by atoms with Crippen LogP contribution in [0.3, 0.4) is 0 Å². The van der Waals surface area contributed by atoms with Crippen LogP contribution >= 0.6 is 34.8 Å². The van der Waals surface area contributed by atoms with Gasteiger partial charge in [-0.25, -0.2) is 4.98 Å². The quantitative estimate of drug-likeness (QED) is 0.324. The van der Waals surface area contributed by atoms with Crippen LogP contribution in [-0.4, -0.2) is 19.2 Å². The second-order valence-corrected chi connectivity index (χ2v) is 7.50. The number of aromatic nitrogens is 1. The van der Waals surface area contributed by atoms with Gasteiger partial charge < -0.3 is 13.9 Å². The molecule has 0 aliphatic heterocycles. The molecule has 0 aliphatic carbocycles. The minimum absolute atomic E-state index is 0.227. The molecule has 152 valence electrons. The van der Waals surface area contributed by atoms with E-state index in [4.69, 9.17) is 48.7 Å². The number of hydrogen-bond acceptors (Lipinski definition) is 5. The van der Waals surface area contributed by atoms with E-state index in [0.717, 1.165) is 0 Å². The van der Waals surface area contributed by atoms with Gasteiger partial charge in [-0.05, 0) is 18.2 Å². The van der Waals surface area contributed by atoms with E-state index in [1.54, 1.807) is 36.4 Å². The van der Waals surface area contributed by atoms with E-state index in [2.05, 4.69) is 4.98 Å². The van der Waals surface area contributed by atoms with Crippen LogP contribution in [0.5, 0.6) is 11.5 Å². The Morgan fingerprint density at radius 3 is 2.33 bits per heavy atom. The summed E-state index contributed by atoms with van der Waals surface area (Å²) < 4.78 is 17.2. The predicted octanol–water partition coefficient (Wildman–Crippen LogP) is 6.50. The van der Waals surface area contributed by atoms with Crippen LogP contribution in [-0.2, 0) is 0 Å². The Labute approximate surface area is 186 Å². The molecule has 2 aromatic carbocycles. The highest BCUT2D eigenvalue weighted by Crippen LogP contribution is 2.45. The van der Waals surface area contributed by atoms with Crippen molar-refractivity contribution in [3.8, 4) is 33.9 Å². The zero-order valence-electron chi connectivity index (χ0n) is 15.8. The number of nitrogens with zero attached hydrogens (tertiary/aromatic N) is 1.